The second kappa shape index (κ2) is 7.98. The first-order valence-electron chi connectivity index (χ1n) is 7.24. The van der Waals surface area contributed by atoms with Crippen LogP contribution < -0.4 is 5.32 Å². The first-order chi connectivity index (χ1) is 11.4. The molecule has 0 aliphatic rings. The molecule has 1 atom stereocenters. The fourth-order valence-electron chi connectivity index (χ4n) is 2.29. The third kappa shape index (κ3) is 4.15. The number of hydrogen-bond donors (Lipinski definition) is 1. The fourth-order valence-corrected chi connectivity index (χ4v) is 2.73. The number of carbonyl (C=O) groups is 1. The number of hydrogen-bond acceptors (Lipinski definition) is 6. The van der Waals surface area contributed by atoms with E-state index in [1.165, 1.54) is 23.9 Å². The predicted molar refractivity (Wildman–Crippen MR) is 92.3 cm³/mol. The molecule has 8 heteroatoms. The summed E-state index contributed by atoms with van der Waals surface area (Å²) in [6, 6.07) is 7.97. The number of rotatable bonds is 7. The molecule has 0 saturated heterocycles. The van der Waals surface area contributed by atoms with Gasteiger partial charge in [-0.2, -0.15) is 0 Å². The number of nitro benzene ring substituents is 1. The molecule has 0 bridgehead atoms. The van der Waals surface area contributed by atoms with Crippen LogP contribution in [0.2, 0.25) is 0 Å². The van der Waals surface area contributed by atoms with Gasteiger partial charge in [0, 0.05) is 17.5 Å². The van der Waals surface area contributed by atoms with E-state index in [9.17, 15) is 14.9 Å². The minimum Gasteiger partial charge on any atom is -0.468 e. The zero-order valence-corrected chi connectivity index (χ0v) is 14.5. The van der Waals surface area contributed by atoms with Crippen LogP contribution in [0.15, 0.2) is 45.9 Å². The molecule has 24 heavy (non-hydrogen) atoms. The van der Waals surface area contributed by atoms with Gasteiger partial charge in [-0.05, 0) is 44.6 Å². The number of thioether (sulfide) groups is 1. The van der Waals surface area contributed by atoms with Gasteiger partial charge in [0.25, 0.3) is 11.6 Å². The highest BCUT2D eigenvalue weighted by molar-refractivity contribution is 7.98. The standard InChI is InChI=1S/C16H19N3O4S/c1-18(2)14(15-5-4-8-23-15)10-17-16(20)12-9-11(24-3)6-7-13(12)19(21)22/h4-9,14H,10H2,1-3H3,(H,17,20). The molecule has 1 aromatic carbocycles. The molecule has 1 heterocycles. The van der Waals surface area contributed by atoms with Gasteiger partial charge in [-0.3, -0.25) is 19.8 Å². The molecule has 0 saturated carbocycles. The second-order valence-corrected chi connectivity index (χ2v) is 6.22. The lowest BCUT2D eigenvalue weighted by Crippen LogP contribution is -2.34. The molecule has 0 fully saturated rings. The number of benzene rings is 1. The van der Waals surface area contributed by atoms with E-state index in [2.05, 4.69) is 5.32 Å². The smallest absolute Gasteiger partial charge is 0.282 e. The van der Waals surface area contributed by atoms with Crippen molar-refractivity contribution < 1.29 is 14.1 Å². The maximum absolute atomic E-state index is 12.5. The molecule has 128 valence electrons. The summed E-state index contributed by atoms with van der Waals surface area (Å²) in [4.78, 5) is 25.8. The summed E-state index contributed by atoms with van der Waals surface area (Å²) in [6.45, 7) is 0.278. The van der Waals surface area contributed by atoms with E-state index in [4.69, 9.17) is 4.42 Å². The lowest BCUT2D eigenvalue weighted by atomic mass is 10.1. The van der Waals surface area contributed by atoms with Gasteiger partial charge < -0.3 is 9.73 Å². The summed E-state index contributed by atoms with van der Waals surface area (Å²) in [5, 5.41) is 13.9. The van der Waals surface area contributed by atoms with Crippen LogP contribution in [-0.2, 0) is 0 Å². The summed E-state index contributed by atoms with van der Waals surface area (Å²) in [5.74, 6) is 0.240. The van der Waals surface area contributed by atoms with Crippen molar-refractivity contribution in [1.82, 2.24) is 10.2 Å². The van der Waals surface area contributed by atoms with Gasteiger partial charge in [0.05, 0.1) is 17.2 Å². The molecule has 1 amide bonds. The minimum atomic E-state index is -0.547. The Kier molecular flexibility index (Phi) is 5.99. The van der Waals surface area contributed by atoms with Crippen LogP contribution in [0.25, 0.3) is 0 Å². The Morgan fingerprint density at radius 1 is 1.42 bits per heavy atom. The Morgan fingerprint density at radius 2 is 2.17 bits per heavy atom. The summed E-state index contributed by atoms with van der Waals surface area (Å²) >= 11 is 1.42. The van der Waals surface area contributed by atoms with E-state index in [-0.39, 0.29) is 23.8 Å². The Labute approximate surface area is 144 Å². The number of carbonyl (C=O) groups excluding carboxylic acids is 1. The summed E-state index contributed by atoms with van der Waals surface area (Å²) in [6.07, 6.45) is 3.42. The van der Waals surface area contributed by atoms with Gasteiger partial charge in [0.1, 0.15) is 11.3 Å². The second-order valence-electron chi connectivity index (χ2n) is 5.35. The molecule has 2 aromatic rings. The van der Waals surface area contributed by atoms with E-state index in [1.807, 2.05) is 31.3 Å². The van der Waals surface area contributed by atoms with E-state index < -0.39 is 10.8 Å². The largest absolute Gasteiger partial charge is 0.468 e. The summed E-state index contributed by atoms with van der Waals surface area (Å²) in [5.41, 5.74) is -0.145. The van der Waals surface area contributed by atoms with Crippen molar-refractivity contribution in [2.24, 2.45) is 0 Å². The quantitative estimate of drug-likeness (QED) is 0.470. The molecule has 2 rings (SSSR count). The Hall–Kier alpha value is -2.32. The van der Waals surface area contributed by atoms with Crippen molar-refractivity contribution in [1.29, 1.82) is 0 Å². The molecule has 0 spiro atoms. The third-order valence-corrected chi connectivity index (χ3v) is 4.32. The van der Waals surface area contributed by atoms with Crippen LogP contribution in [0, 0.1) is 10.1 Å². The Balaban J connectivity index is 2.18. The number of nitrogens with zero attached hydrogens (tertiary/aromatic N) is 2. The van der Waals surface area contributed by atoms with Gasteiger partial charge in [-0.15, -0.1) is 11.8 Å². The zero-order chi connectivity index (χ0) is 17.7. The molecular weight excluding hydrogens is 330 g/mol. The number of furan rings is 1. The minimum absolute atomic E-state index is 0.0591. The van der Waals surface area contributed by atoms with Crippen molar-refractivity contribution in [2.75, 3.05) is 26.9 Å². The van der Waals surface area contributed by atoms with Gasteiger partial charge in [0.2, 0.25) is 0 Å². The van der Waals surface area contributed by atoms with Gasteiger partial charge in [0.15, 0.2) is 0 Å². The highest BCUT2D eigenvalue weighted by Gasteiger charge is 2.23. The highest BCUT2D eigenvalue weighted by Crippen LogP contribution is 2.25. The zero-order valence-electron chi connectivity index (χ0n) is 13.7. The molecule has 7 nitrogen and oxygen atoms in total. The normalized spacial score (nSPS) is 12.2. The maximum Gasteiger partial charge on any atom is 0.282 e. The molecule has 1 unspecified atom stereocenters. The van der Waals surface area contributed by atoms with Crippen LogP contribution in [0.1, 0.15) is 22.2 Å². The lowest BCUT2D eigenvalue weighted by molar-refractivity contribution is -0.385. The molecule has 1 aromatic heterocycles. The fraction of sp³-hybridized carbons (Fsp3) is 0.312. The first-order valence-corrected chi connectivity index (χ1v) is 8.47. The average Bonchev–Trinajstić information content (AvgIpc) is 3.08. The lowest BCUT2D eigenvalue weighted by Gasteiger charge is -2.22. The molecule has 1 N–H and O–H groups in total. The molecule has 0 aliphatic heterocycles. The Bertz CT molecular complexity index is 716. The van der Waals surface area contributed by atoms with E-state index in [0.29, 0.717) is 5.76 Å². The predicted octanol–water partition coefficient (Wildman–Crippen LogP) is 2.94. The van der Waals surface area contributed by atoms with Crippen molar-refractivity contribution in [3.8, 4) is 0 Å². The van der Waals surface area contributed by atoms with Gasteiger partial charge in [-0.1, -0.05) is 0 Å². The van der Waals surface area contributed by atoms with Crippen LogP contribution in [0.3, 0.4) is 0 Å². The topological polar surface area (TPSA) is 88.6 Å². The van der Waals surface area contributed by atoms with Crippen molar-refractivity contribution >= 4 is 23.4 Å². The van der Waals surface area contributed by atoms with Crippen molar-refractivity contribution in [3.63, 3.8) is 0 Å². The molecule has 0 aliphatic carbocycles. The van der Waals surface area contributed by atoms with Gasteiger partial charge in [-0.25, -0.2) is 0 Å². The maximum atomic E-state index is 12.5. The van der Waals surface area contributed by atoms with Crippen molar-refractivity contribution in [3.05, 3.63) is 58.0 Å². The number of nitro groups is 1. The molecular formula is C16H19N3O4S. The van der Waals surface area contributed by atoms with Crippen LogP contribution in [0.5, 0.6) is 0 Å². The number of nitrogens with one attached hydrogen (secondary N) is 1. The number of amides is 1. The number of likely N-dealkylation sites (N-methyl/N-ethyl adjacent to an activating group) is 1. The van der Waals surface area contributed by atoms with E-state index in [0.717, 1.165) is 4.90 Å². The van der Waals surface area contributed by atoms with Gasteiger partial charge >= 0.3 is 0 Å². The highest BCUT2D eigenvalue weighted by atomic mass is 32.2. The third-order valence-electron chi connectivity index (χ3n) is 3.60. The van der Waals surface area contributed by atoms with Crippen LogP contribution in [0.4, 0.5) is 5.69 Å². The van der Waals surface area contributed by atoms with Crippen LogP contribution in [-0.4, -0.2) is 42.6 Å². The van der Waals surface area contributed by atoms with Crippen molar-refractivity contribution in [2.45, 2.75) is 10.9 Å². The SMILES string of the molecule is CSc1ccc([N+](=O)[O-])c(C(=O)NCC(c2ccco2)N(C)C)c1. The summed E-state index contributed by atoms with van der Waals surface area (Å²) in [7, 11) is 3.74. The molecule has 0 radical (unpaired) electrons. The van der Waals surface area contributed by atoms with Crippen LogP contribution >= 0.6 is 11.8 Å². The Morgan fingerprint density at radius 3 is 2.71 bits per heavy atom. The van der Waals surface area contributed by atoms with E-state index in [1.54, 1.807) is 18.4 Å². The summed E-state index contributed by atoms with van der Waals surface area (Å²) < 4.78 is 5.39. The monoisotopic (exact) mass is 349 g/mol. The first kappa shape index (κ1) is 18.0. The van der Waals surface area contributed by atoms with E-state index >= 15 is 0 Å². The average molecular weight is 349 g/mol.